The molecule has 19 heavy (non-hydrogen) atoms. The van der Waals surface area contributed by atoms with Gasteiger partial charge < -0.3 is 25.1 Å². The van der Waals surface area contributed by atoms with E-state index in [1.807, 2.05) is 0 Å². The van der Waals surface area contributed by atoms with E-state index >= 15 is 0 Å². The summed E-state index contributed by atoms with van der Waals surface area (Å²) in [5.41, 5.74) is 0.206. The zero-order chi connectivity index (χ0) is 13.8. The lowest BCUT2D eigenvalue weighted by molar-refractivity contribution is -0.389. The molecule has 1 atom stereocenters. The smallest absolute Gasteiger partial charge is 0.321 e. The largest absolute Gasteiger partial charge is 0.374 e. The third-order valence-electron chi connectivity index (χ3n) is 2.93. The SMILES string of the molecule is CN(CC1CNCCO1)C(=O)c1ccc([N+](=O)[O-])[nH]1. The fraction of sp³-hybridized carbons (Fsp3) is 0.545. The van der Waals surface area contributed by atoms with Crippen LogP contribution in [0.3, 0.4) is 0 Å². The van der Waals surface area contributed by atoms with Gasteiger partial charge in [-0.3, -0.25) is 4.79 Å². The van der Waals surface area contributed by atoms with Gasteiger partial charge >= 0.3 is 5.82 Å². The maximum Gasteiger partial charge on any atom is 0.321 e. The number of morpholine rings is 1. The molecule has 8 heteroatoms. The summed E-state index contributed by atoms with van der Waals surface area (Å²) in [4.78, 5) is 26.0. The first-order valence-electron chi connectivity index (χ1n) is 5.99. The molecule has 1 aromatic rings. The Kier molecular flexibility index (Phi) is 4.13. The van der Waals surface area contributed by atoms with E-state index in [2.05, 4.69) is 10.3 Å². The Morgan fingerprint density at radius 2 is 2.42 bits per heavy atom. The van der Waals surface area contributed by atoms with E-state index in [-0.39, 0.29) is 23.5 Å². The van der Waals surface area contributed by atoms with Gasteiger partial charge in [0, 0.05) is 32.7 Å². The van der Waals surface area contributed by atoms with Gasteiger partial charge in [0.25, 0.3) is 5.91 Å². The Labute approximate surface area is 109 Å². The fourth-order valence-corrected chi connectivity index (χ4v) is 1.95. The van der Waals surface area contributed by atoms with Crippen LogP contribution >= 0.6 is 0 Å². The second-order valence-corrected chi connectivity index (χ2v) is 4.40. The van der Waals surface area contributed by atoms with E-state index in [1.54, 1.807) is 7.05 Å². The van der Waals surface area contributed by atoms with Gasteiger partial charge in [0.1, 0.15) is 0 Å². The highest BCUT2D eigenvalue weighted by atomic mass is 16.6. The van der Waals surface area contributed by atoms with Gasteiger partial charge in [0.15, 0.2) is 5.69 Å². The minimum absolute atomic E-state index is 0.0485. The molecule has 2 rings (SSSR count). The summed E-state index contributed by atoms with van der Waals surface area (Å²) in [5.74, 6) is -0.477. The number of nitrogens with zero attached hydrogens (tertiary/aromatic N) is 2. The Bertz CT molecular complexity index is 467. The molecule has 1 aliphatic heterocycles. The van der Waals surface area contributed by atoms with Crippen molar-refractivity contribution in [2.24, 2.45) is 0 Å². The summed E-state index contributed by atoms with van der Waals surface area (Å²) < 4.78 is 5.50. The summed E-state index contributed by atoms with van der Waals surface area (Å²) in [6.45, 7) is 2.58. The highest BCUT2D eigenvalue weighted by molar-refractivity contribution is 5.92. The molecule has 8 nitrogen and oxygen atoms in total. The van der Waals surface area contributed by atoms with Crippen LogP contribution in [0.5, 0.6) is 0 Å². The van der Waals surface area contributed by atoms with Crippen molar-refractivity contribution in [3.63, 3.8) is 0 Å². The van der Waals surface area contributed by atoms with Crippen molar-refractivity contribution in [1.82, 2.24) is 15.2 Å². The Balaban J connectivity index is 1.95. The van der Waals surface area contributed by atoms with Crippen molar-refractivity contribution in [3.8, 4) is 0 Å². The molecule has 1 amide bonds. The summed E-state index contributed by atoms with van der Waals surface area (Å²) >= 11 is 0. The van der Waals surface area contributed by atoms with Crippen molar-refractivity contribution in [2.45, 2.75) is 6.10 Å². The molecule has 1 aliphatic rings. The van der Waals surface area contributed by atoms with Crippen molar-refractivity contribution >= 4 is 11.7 Å². The molecule has 2 N–H and O–H groups in total. The number of H-pyrrole nitrogens is 1. The molecule has 0 aliphatic carbocycles. The number of carbonyl (C=O) groups is 1. The van der Waals surface area contributed by atoms with E-state index in [0.29, 0.717) is 19.7 Å². The van der Waals surface area contributed by atoms with E-state index in [1.165, 1.54) is 17.0 Å². The molecular formula is C11H16N4O4. The Morgan fingerprint density at radius 1 is 1.63 bits per heavy atom. The normalized spacial score (nSPS) is 19.1. The summed E-state index contributed by atoms with van der Waals surface area (Å²) in [7, 11) is 1.65. The summed E-state index contributed by atoms with van der Waals surface area (Å²) in [6.07, 6.45) is -0.0485. The minimum atomic E-state index is -0.565. The van der Waals surface area contributed by atoms with Crippen LogP contribution in [-0.2, 0) is 4.74 Å². The number of likely N-dealkylation sites (N-methyl/N-ethyl adjacent to an activating group) is 1. The van der Waals surface area contributed by atoms with Crippen LogP contribution in [0.2, 0.25) is 0 Å². The number of nitrogens with one attached hydrogen (secondary N) is 2. The Hall–Kier alpha value is -1.93. The molecular weight excluding hydrogens is 252 g/mol. The third kappa shape index (κ3) is 3.30. The maximum atomic E-state index is 12.1. The molecule has 1 fully saturated rings. The standard InChI is InChI=1S/C11H16N4O4/c1-14(7-8-6-12-4-5-19-8)11(16)9-2-3-10(13-9)15(17)18/h2-3,8,12-13H,4-7H2,1H3. The fourth-order valence-electron chi connectivity index (χ4n) is 1.95. The van der Waals surface area contributed by atoms with Crippen molar-refractivity contribution in [1.29, 1.82) is 0 Å². The number of carbonyl (C=O) groups excluding carboxylic acids is 1. The number of ether oxygens (including phenoxy) is 1. The van der Waals surface area contributed by atoms with E-state index < -0.39 is 4.92 Å². The molecule has 2 heterocycles. The number of rotatable bonds is 4. The van der Waals surface area contributed by atoms with Crippen LogP contribution in [0.15, 0.2) is 12.1 Å². The van der Waals surface area contributed by atoms with Gasteiger partial charge in [-0.15, -0.1) is 0 Å². The quantitative estimate of drug-likeness (QED) is 0.590. The Morgan fingerprint density at radius 3 is 3.00 bits per heavy atom. The first-order chi connectivity index (χ1) is 9.08. The van der Waals surface area contributed by atoms with E-state index in [9.17, 15) is 14.9 Å². The lowest BCUT2D eigenvalue weighted by atomic mass is 10.2. The summed E-state index contributed by atoms with van der Waals surface area (Å²) in [6, 6.07) is 2.69. The molecule has 0 spiro atoms. The number of hydrogen-bond acceptors (Lipinski definition) is 5. The number of hydrogen-bond donors (Lipinski definition) is 2. The predicted molar refractivity (Wildman–Crippen MR) is 67.0 cm³/mol. The van der Waals surface area contributed by atoms with Gasteiger partial charge in [0.2, 0.25) is 0 Å². The topological polar surface area (TPSA) is 100 Å². The molecule has 0 radical (unpaired) electrons. The lowest BCUT2D eigenvalue weighted by Gasteiger charge is -2.27. The number of aromatic amines is 1. The predicted octanol–water partition coefficient (Wildman–Crippen LogP) is -0.0167. The maximum absolute atomic E-state index is 12.1. The van der Waals surface area contributed by atoms with Crippen molar-refractivity contribution in [3.05, 3.63) is 27.9 Å². The number of nitro groups is 1. The monoisotopic (exact) mass is 268 g/mol. The van der Waals surface area contributed by atoms with Crippen LogP contribution in [0, 0.1) is 10.1 Å². The average Bonchev–Trinajstić information content (AvgIpc) is 2.88. The van der Waals surface area contributed by atoms with Crippen LogP contribution in [0.4, 0.5) is 5.82 Å². The van der Waals surface area contributed by atoms with E-state index in [4.69, 9.17) is 4.74 Å². The molecule has 0 bridgehead atoms. The third-order valence-corrected chi connectivity index (χ3v) is 2.93. The van der Waals surface area contributed by atoms with Gasteiger partial charge in [0.05, 0.1) is 12.7 Å². The van der Waals surface area contributed by atoms with Crippen LogP contribution < -0.4 is 5.32 Å². The van der Waals surface area contributed by atoms with Gasteiger partial charge in [-0.1, -0.05) is 0 Å². The number of amides is 1. The molecule has 0 saturated carbocycles. The molecule has 1 unspecified atom stereocenters. The van der Waals surface area contributed by atoms with Crippen molar-refractivity contribution in [2.75, 3.05) is 33.3 Å². The van der Waals surface area contributed by atoms with Crippen LogP contribution in [0.1, 0.15) is 10.5 Å². The molecule has 1 aromatic heterocycles. The molecule has 104 valence electrons. The minimum Gasteiger partial charge on any atom is -0.374 e. The lowest BCUT2D eigenvalue weighted by Crippen LogP contribution is -2.45. The van der Waals surface area contributed by atoms with Crippen LogP contribution in [-0.4, -0.2) is 60.1 Å². The van der Waals surface area contributed by atoms with Gasteiger partial charge in [-0.05, 0) is 11.0 Å². The highest BCUT2D eigenvalue weighted by Gasteiger charge is 2.22. The highest BCUT2D eigenvalue weighted by Crippen LogP contribution is 2.12. The molecule has 1 saturated heterocycles. The number of aromatic nitrogens is 1. The van der Waals surface area contributed by atoms with Gasteiger partial charge in [-0.25, -0.2) is 4.98 Å². The first-order valence-corrected chi connectivity index (χ1v) is 5.99. The van der Waals surface area contributed by atoms with Gasteiger partial charge in [-0.2, -0.15) is 0 Å². The summed E-state index contributed by atoms with van der Waals surface area (Å²) in [5, 5.41) is 13.7. The van der Waals surface area contributed by atoms with Crippen LogP contribution in [0.25, 0.3) is 0 Å². The zero-order valence-corrected chi connectivity index (χ0v) is 10.6. The van der Waals surface area contributed by atoms with Crippen molar-refractivity contribution < 1.29 is 14.5 Å². The van der Waals surface area contributed by atoms with E-state index in [0.717, 1.165) is 6.54 Å². The average molecular weight is 268 g/mol. The second-order valence-electron chi connectivity index (χ2n) is 4.40. The zero-order valence-electron chi connectivity index (χ0n) is 10.6. The first kappa shape index (κ1) is 13.5. The molecule has 0 aromatic carbocycles. The second kappa shape index (κ2) is 5.81.